The third-order valence-corrected chi connectivity index (χ3v) is 4.83. The van der Waals surface area contributed by atoms with Crippen LogP contribution in [0.2, 0.25) is 0 Å². The summed E-state index contributed by atoms with van der Waals surface area (Å²) in [7, 11) is 0. The smallest absolute Gasteiger partial charge is 0.145 e. The van der Waals surface area contributed by atoms with Crippen molar-refractivity contribution in [2.75, 3.05) is 5.73 Å². The van der Waals surface area contributed by atoms with Gasteiger partial charge in [0, 0.05) is 0 Å². The molecule has 1 aromatic rings. The zero-order chi connectivity index (χ0) is 13.7. The predicted molar refractivity (Wildman–Crippen MR) is 79.0 cm³/mol. The van der Waals surface area contributed by atoms with Gasteiger partial charge >= 0.3 is 0 Å². The van der Waals surface area contributed by atoms with Crippen molar-refractivity contribution in [2.45, 2.75) is 19.8 Å². The molecular formula is C17H18N2O. The second-order valence-electron chi connectivity index (χ2n) is 6.10. The molecule has 3 heteroatoms. The summed E-state index contributed by atoms with van der Waals surface area (Å²) in [5.74, 6) is 3.67. The zero-order valence-corrected chi connectivity index (χ0v) is 11.5. The molecule has 20 heavy (non-hydrogen) atoms. The minimum Gasteiger partial charge on any atom is -0.459 e. The van der Waals surface area contributed by atoms with Crippen molar-refractivity contribution < 1.29 is 4.74 Å². The topological polar surface area (TPSA) is 48.1 Å². The zero-order valence-electron chi connectivity index (χ0n) is 11.5. The summed E-state index contributed by atoms with van der Waals surface area (Å²) < 4.78 is 6.16. The molecule has 1 spiro atoms. The van der Waals surface area contributed by atoms with Gasteiger partial charge in [-0.1, -0.05) is 24.3 Å². The number of rotatable bonds is 2. The van der Waals surface area contributed by atoms with E-state index in [0.717, 1.165) is 17.1 Å². The summed E-state index contributed by atoms with van der Waals surface area (Å²) in [5, 5.41) is 0. The van der Waals surface area contributed by atoms with E-state index >= 15 is 0 Å². The fourth-order valence-electron chi connectivity index (χ4n) is 3.81. The van der Waals surface area contributed by atoms with Crippen LogP contribution >= 0.6 is 0 Å². The van der Waals surface area contributed by atoms with E-state index in [-0.39, 0.29) is 5.41 Å². The number of aryl methyl sites for hydroxylation is 1. The normalized spacial score (nSPS) is 33.1. The first-order valence-corrected chi connectivity index (χ1v) is 7.16. The van der Waals surface area contributed by atoms with Gasteiger partial charge in [-0.15, -0.1) is 0 Å². The molecule has 0 radical (unpaired) electrons. The van der Waals surface area contributed by atoms with E-state index in [1.807, 2.05) is 13.0 Å². The lowest BCUT2D eigenvalue weighted by Gasteiger charge is -2.34. The number of fused-ring (bicyclic) bond motifs is 1. The van der Waals surface area contributed by atoms with Crippen LogP contribution in [-0.4, -0.2) is 4.98 Å². The standard InChI is InChI=1S/C17H18N2O/c1-11-6-14(10-19-16(11)18)20-15-8-12-7-13-4-2-3-5-17(13,15)9-12/h2-6,8,10,12-13H,7,9H2,1H3,(H2,18,19). The first kappa shape index (κ1) is 11.8. The minimum atomic E-state index is 0.0781. The van der Waals surface area contributed by atoms with E-state index in [9.17, 15) is 0 Å². The molecule has 0 amide bonds. The van der Waals surface area contributed by atoms with Crippen LogP contribution in [0.3, 0.4) is 0 Å². The summed E-state index contributed by atoms with van der Waals surface area (Å²) in [6.45, 7) is 1.95. The minimum absolute atomic E-state index is 0.0781. The van der Waals surface area contributed by atoms with Crippen molar-refractivity contribution in [2.24, 2.45) is 17.3 Å². The van der Waals surface area contributed by atoms with Gasteiger partial charge in [0.1, 0.15) is 17.3 Å². The van der Waals surface area contributed by atoms with Crippen LogP contribution < -0.4 is 10.5 Å². The van der Waals surface area contributed by atoms with E-state index < -0.39 is 0 Å². The molecule has 0 aliphatic heterocycles. The fraction of sp³-hybridized carbons (Fsp3) is 0.353. The maximum absolute atomic E-state index is 6.16. The van der Waals surface area contributed by atoms with Crippen LogP contribution in [-0.2, 0) is 0 Å². The third kappa shape index (κ3) is 1.56. The Morgan fingerprint density at radius 1 is 1.40 bits per heavy atom. The SMILES string of the molecule is Cc1cc(OC2=CC3CC4C=CC=CC24C3)cnc1N. The number of allylic oxidation sites excluding steroid dienone is 5. The number of nitrogens with two attached hydrogens (primary N) is 1. The predicted octanol–water partition coefficient (Wildman–Crippen LogP) is 3.39. The van der Waals surface area contributed by atoms with Crippen molar-refractivity contribution >= 4 is 5.82 Å². The molecule has 1 saturated carbocycles. The van der Waals surface area contributed by atoms with E-state index in [4.69, 9.17) is 10.5 Å². The lowest BCUT2D eigenvalue weighted by atomic mass is 9.74. The molecule has 2 bridgehead atoms. The number of hydrogen-bond acceptors (Lipinski definition) is 3. The first-order chi connectivity index (χ1) is 9.67. The second-order valence-corrected chi connectivity index (χ2v) is 6.10. The average Bonchev–Trinajstić information content (AvgIpc) is 2.96. The monoisotopic (exact) mass is 266 g/mol. The number of hydrogen-bond donors (Lipinski definition) is 1. The highest BCUT2D eigenvalue weighted by Gasteiger charge is 2.53. The van der Waals surface area contributed by atoms with Crippen LogP contribution in [0.25, 0.3) is 0 Å². The Bertz CT molecular complexity index is 659. The van der Waals surface area contributed by atoms with Gasteiger partial charge < -0.3 is 10.5 Å². The van der Waals surface area contributed by atoms with Crippen LogP contribution in [0.15, 0.2) is 48.4 Å². The number of nitrogens with zero attached hydrogens (tertiary/aromatic N) is 1. The Morgan fingerprint density at radius 2 is 2.30 bits per heavy atom. The third-order valence-electron chi connectivity index (χ3n) is 4.83. The lowest BCUT2D eigenvalue weighted by molar-refractivity contribution is 0.257. The summed E-state index contributed by atoms with van der Waals surface area (Å²) >= 11 is 0. The van der Waals surface area contributed by atoms with Gasteiger partial charge in [-0.2, -0.15) is 0 Å². The Labute approximate surface area is 118 Å². The van der Waals surface area contributed by atoms with Gasteiger partial charge in [0.25, 0.3) is 0 Å². The van der Waals surface area contributed by atoms with Crippen molar-refractivity contribution in [3.8, 4) is 5.75 Å². The highest BCUT2D eigenvalue weighted by atomic mass is 16.5. The molecule has 102 valence electrons. The maximum Gasteiger partial charge on any atom is 0.145 e. The van der Waals surface area contributed by atoms with Crippen LogP contribution in [0.1, 0.15) is 18.4 Å². The Morgan fingerprint density at radius 3 is 3.15 bits per heavy atom. The Hall–Kier alpha value is -2.03. The average molecular weight is 266 g/mol. The molecule has 1 fully saturated rings. The van der Waals surface area contributed by atoms with Gasteiger partial charge in [0.05, 0.1) is 11.6 Å². The Kier molecular flexibility index (Phi) is 2.34. The highest BCUT2D eigenvalue weighted by molar-refractivity contribution is 5.44. The Balaban J connectivity index is 1.66. The van der Waals surface area contributed by atoms with Gasteiger partial charge in [-0.25, -0.2) is 4.98 Å². The molecular weight excluding hydrogens is 248 g/mol. The van der Waals surface area contributed by atoms with Gasteiger partial charge in [-0.05, 0) is 49.3 Å². The fourth-order valence-corrected chi connectivity index (χ4v) is 3.81. The number of anilines is 1. The summed E-state index contributed by atoms with van der Waals surface area (Å²) in [4.78, 5) is 4.18. The van der Waals surface area contributed by atoms with Crippen molar-refractivity contribution in [1.29, 1.82) is 0 Å². The van der Waals surface area contributed by atoms with Crippen molar-refractivity contribution in [1.82, 2.24) is 4.98 Å². The van der Waals surface area contributed by atoms with Crippen LogP contribution in [0.5, 0.6) is 5.75 Å². The molecule has 1 heterocycles. The number of pyridine rings is 1. The molecule has 0 saturated heterocycles. The van der Waals surface area contributed by atoms with Crippen molar-refractivity contribution in [3.05, 3.63) is 54.0 Å². The molecule has 3 atom stereocenters. The molecule has 3 aliphatic carbocycles. The van der Waals surface area contributed by atoms with Crippen molar-refractivity contribution in [3.63, 3.8) is 0 Å². The van der Waals surface area contributed by atoms with E-state index in [1.54, 1.807) is 6.20 Å². The number of nitrogen functional groups attached to an aromatic ring is 1. The number of ether oxygens (including phenoxy) is 1. The molecule has 3 unspecified atom stereocenters. The molecule has 1 aromatic heterocycles. The summed E-state index contributed by atoms with van der Waals surface area (Å²) in [6.07, 6.45) is 15.4. The highest BCUT2D eigenvalue weighted by Crippen LogP contribution is 2.59. The quantitative estimate of drug-likeness (QED) is 0.892. The molecule has 2 N–H and O–H groups in total. The van der Waals surface area contributed by atoms with Gasteiger partial charge in [0.15, 0.2) is 0 Å². The molecule has 0 aromatic carbocycles. The lowest BCUT2D eigenvalue weighted by Crippen LogP contribution is -2.28. The van der Waals surface area contributed by atoms with E-state index in [2.05, 4.69) is 35.4 Å². The number of aromatic nitrogens is 1. The first-order valence-electron chi connectivity index (χ1n) is 7.16. The van der Waals surface area contributed by atoms with E-state index in [1.165, 1.54) is 12.8 Å². The summed E-state index contributed by atoms with van der Waals surface area (Å²) in [6, 6.07) is 1.96. The van der Waals surface area contributed by atoms with Gasteiger partial charge in [0.2, 0.25) is 0 Å². The summed E-state index contributed by atoms with van der Waals surface area (Å²) in [5.41, 5.74) is 6.80. The van der Waals surface area contributed by atoms with E-state index in [0.29, 0.717) is 17.7 Å². The second kappa shape index (κ2) is 3.98. The van der Waals surface area contributed by atoms with Crippen LogP contribution in [0.4, 0.5) is 5.82 Å². The maximum atomic E-state index is 6.16. The largest absolute Gasteiger partial charge is 0.459 e. The molecule has 3 nitrogen and oxygen atoms in total. The van der Waals surface area contributed by atoms with Crippen LogP contribution in [0, 0.1) is 24.2 Å². The molecule has 4 rings (SSSR count). The molecule has 3 aliphatic rings. The van der Waals surface area contributed by atoms with Gasteiger partial charge in [-0.3, -0.25) is 0 Å².